The molecule has 2 aromatic rings. The zero-order valence-electron chi connectivity index (χ0n) is 12.6. The topological polar surface area (TPSA) is 26.0 Å². The number of anilines is 1. The van der Waals surface area contributed by atoms with Crippen molar-refractivity contribution in [3.05, 3.63) is 84.5 Å². The largest absolute Gasteiger partial charge is 0.399 e. The fourth-order valence-corrected chi connectivity index (χ4v) is 2.26. The van der Waals surface area contributed by atoms with Crippen LogP contribution in [-0.2, 0) is 0 Å². The molecule has 21 heavy (non-hydrogen) atoms. The van der Waals surface area contributed by atoms with Gasteiger partial charge in [0, 0.05) is 5.69 Å². The first-order chi connectivity index (χ1) is 10.1. The number of nitrogens with two attached hydrogens (primary N) is 1. The molecule has 0 heterocycles. The van der Waals surface area contributed by atoms with Gasteiger partial charge in [0.2, 0.25) is 0 Å². The molecule has 0 bridgehead atoms. The van der Waals surface area contributed by atoms with Crippen LogP contribution in [0.15, 0.2) is 78.9 Å². The predicted molar refractivity (Wildman–Crippen MR) is 93.9 cm³/mol. The van der Waals surface area contributed by atoms with Crippen LogP contribution in [-0.4, -0.2) is 0 Å². The minimum Gasteiger partial charge on any atom is -0.399 e. The Labute approximate surface area is 127 Å². The molecule has 0 aliphatic heterocycles. The summed E-state index contributed by atoms with van der Waals surface area (Å²) in [5.41, 5.74) is 12.3. The van der Waals surface area contributed by atoms with Gasteiger partial charge in [0.1, 0.15) is 0 Å². The lowest BCUT2D eigenvalue weighted by Gasteiger charge is -2.06. The van der Waals surface area contributed by atoms with Crippen molar-refractivity contribution in [3.8, 4) is 11.1 Å². The third-order valence-electron chi connectivity index (χ3n) is 3.31. The number of nitrogen functional groups attached to an aromatic ring is 1. The van der Waals surface area contributed by atoms with Gasteiger partial charge >= 0.3 is 0 Å². The number of allylic oxidation sites excluding steroid dienone is 5. The third kappa shape index (κ3) is 3.96. The minimum absolute atomic E-state index is 0.783. The monoisotopic (exact) mass is 275 g/mol. The molecule has 0 amide bonds. The smallest absolute Gasteiger partial charge is 0.0320 e. The van der Waals surface area contributed by atoms with Gasteiger partial charge in [-0.3, -0.25) is 0 Å². The molecule has 2 aromatic carbocycles. The molecule has 1 heteroatoms. The van der Waals surface area contributed by atoms with E-state index in [1.165, 1.54) is 5.57 Å². The molecule has 0 fully saturated rings. The number of rotatable bonds is 4. The van der Waals surface area contributed by atoms with E-state index in [2.05, 4.69) is 56.0 Å². The number of hydrogen-bond acceptors (Lipinski definition) is 1. The second kappa shape index (κ2) is 6.76. The van der Waals surface area contributed by atoms with E-state index < -0.39 is 0 Å². The molecule has 0 saturated heterocycles. The van der Waals surface area contributed by atoms with Crippen molar-refractivity contribution in [1.29, 1.82) is 0 Å². The average molecular weight is 275 g/mol. The van der Waals surface area contributed by atoms with Crippen molar-refractivity contribution in [2.45, 2.75) is 13.8 Å². The molecule has 2 rings (SSSR count). The van der Waals surface area contributed by atoms with Crippen molar-refractivity contribution in [2.24, 2.45) is 0 Å². The van der Waals surface area contributed by atoms with Crippen LogP contribution in [0.4, 0.5) is 5.69 Å². The maximum atomic E-state index is 5.83. The molecule has 0 aliphatic rings. The second-order valence-corrected chi connectivity index (χ2v) is 5.12. The molecule has 0 atom stereocenters. The fraction of sp³-hybridized carbons (Fsp3) is 0.100. The van der Waals surface area contributed by atoms with Gasteiger partial charge in [-0.15, -0.1) is 0 Å². The lowest BCUT2D eigenvalue weighted by Crippen LogP contribution is -1.86. The normalized spacial score (nSPS) is 11.8. The van der Waals surface area contributed by atoms with E-state index in [-0.39, 0.29) is 0 Å². The quantitative estimate of drug-likeness (QED) is 0.581. The summed E-state index contributed by atoms with van der Waals surface area (Å²) in [5, 5.41) is 0. The van der Waals surface area contributed by atoms with Gasteiger partial charge in [-0.05, 0) is 48.2 Å². The van der Waals surface area contributed by atoms with Gasteiger partial charge in [0.05, 0.1) is 0 Å². The molecule has 1 nitrogen and oxygen atoms in total. The Kier molecular flexibility index (Phi) is 4.78. The Hall–Kier alpha value is -2.54. The average Bonchev–Trinajstić information content (AvgIpc) is 2.47. The molecule has 2 N–H and O–H groups in total. The molecule has 0 radical (unpaired) electrons. The Bertz CT molecular complexity index is 688. The molecule has 0 saturated carbocycles. The first-order valence-corrected chi connectivity index (χ1v) is 7.06. The van der Waals surface area contributed by atoms with E-state index in [0.717, 1.165) is 28.0 Å². The summed E-state index contributed by atoms with van der Waals surface area (Å²) in [7, 11) is 0. The van der Waals surface area contributed by atoms with E-state index >= 15 is 0 Å². The SMILES string of the molecule is C=C(/C=C(C)\C=C/C)c1ccc(-c2cccc(N)c2)cc1. The summed E-state index contributed by atoms with van der Waals surface area (Å²) in [6.07, 6.45) is 6.20. The van der Waals surface area contributed by atoms with Crippen molar-refractivity contribution < 1.29 is 0 Å². The molecule has 0 unspecified atom stereocenters. The summed E-state index contributed by atoms with van der Waals surface area (Å²) in [4.78, 5) is 0. The Morgan fingerprint density at radius 2 is 1.76 bits per heavy atom. The highest BCUT2D eigenvalue weighted by Crippen LogP contribution is 2.24. The van der Waals surface area contributed by atoms with Crippen LogP contribution < -0.4 is 5.73 Å². The van der Waals surface area contributed by atoms with Gasteiger partial charge in [0.25, 0.3) is 0 Å². The highest BCUT2D eigenvalue weighted by atomic mass is 14.5. The van der Waals surface area contributed by atoms with Crippen LogP contribution in [0.1, 0.15) is 19.4 Å². The lowest BCUT2D eigenvalue weighted by atomic mass is 9.99. The molecular formula is C20H21N. The van der Waals surface area contributed by atoms with E-state index in [1.54, 1.807) is 0 Å². The van der Waals surface area contributed by atoms with Crippen molar-refractivity contribution in [3.63, 3.8) is 0 Å². The summed E-state index contributed by atoms with van der Waals surface area (Å²) < 4.78 is 0. The number of benzene rings is 2. The van der Waals surface area contributed by atoms with Crippen LogP contribution in [0.2, 0.25) is 0 Å². The summed E-state index contributed by atoms with van der Waals surface area (Å²) in [6, 6.07) is 16.3. The Morgan fingerprint density at radius 1 is 1.05 bits per heavy atom. The maximum Gasteiger partial charge on any atom is 0.0320 e. The van der Waals surface area contributed by atoms with Gasteiger partial charge in [-0.1, -0.05) is 66.8 Å². The van der Waals surface area contributed by atoms with Gasteiger partial charge in [-0.25, -0.2) is 0 Å². The highest BCUT2D eigenvalue weighted by Gasteiger charge is 2.00. The highest BCUT2D eigenvalue weighted by molar-refractivity contribution is 5.76. The molecule has 106 valence electrons. The first kappa shape index (κ1) is 14.9. The maximum absolute atomic E-state index is 5.83. The van der Waals surface area contributed by atoms with Gasteiger partial charge in [0.15, 0.2) is 0 Å². The summed E-state index contributed by atoms with van der Waals surface area (Å²) in [6.45, 7) is 8.22. The van der Waals surface area contributed by atoms with Gasteiger partial charge in [-0.2, -0.15) is 0 Å². The minimum atomic E-state index is 0.783. The Balaban J connectivity index is 2.23. The van der Waals surface area contributed by atoms with Crippen LogP contribution in [0, 0.1) is 0 Å². The second-order valence-electron chi connectivity index (χ2n) is 5.12. The molecule has 0 aromatic heterocycles. The number of hydrogen-bond donors (Lipinski definition) is 1. The first-order valence-electron chi connectivity index (χ1n) is 7.06. The van der Waals surface area contributed by atoms with Crippen LogP contribution in [0.3, 0.4) is 0 Å². The molecular weight excluding hydrogens is 254 g/mol. The molecule has 0 spiro atoms. The third-order valence-corrected chi connectivity index (χ3v) is 3.31. The van der Waals surface area contributed by atoms with Gasteiger partial charge < -0.3 is 5.73 Å². The Morgan fingerprint density at radius 3 is 2.38 bits per heavy atom. The fourth-order valence-electron chi connectivity index (χ4n) is 2.26. The van der Waals surface area contributed by atoms with E-state index in [4.69, 9.17) is 5.73 Å². The van der Waals surface area contributed by atoms with Crippen molar-refractivity contribution >= 4 is 11.3 Å². The predicted octanol–water partition coefficient (Wildman–Crippen LogP) is 5.47. The van der Waals surface area contributed by atoms with Crippen molar-refractivity contribution in [1.82, 2.24) is 0 Å². The lowest BCUT2D eigenvalue weighted by molar-refractivity contribution is 1.50. The van der Waals surface area contributed by atoms with E-state index in [0.29, 0.717) is 0 Å². The van der Waals surface area contributed by atoms with E-state index in [1.807, 2.05) is 31.2 Å². The van der Waals surface area contributed by atoms with Crippen molar-refractivity contribution in [2.75, 3.05) is 5.73 Å². The van der Waals surface area contributed by atoms with E-state index in [9.17, 15) is 0 Å². The standard InChI is InChI=1S/C20H21N/c1-4-6-15(2)13-16(3)17-9-11-18(12-10-17)19-7-5-8-20(21)14-19/h4-14H,3,21H2,1-2H3/b6-4-,15-13-. The van der Waals surface area contributed by atoms with Crippen LogP contribution in [0.25, 0.3) is 16.7 Å². The summed E-state index contributed by atoms with van der Waals surface area (Å²) in [5.74, 6) is 0. The summed E-state index contributed by atoms with van der Waals surface area (Å²) >= 11 is 0. The molecule has 0 aliphatic carbocycles. The zero-order chi connectivity index (χ0) is 15.2. The van der Waals surface area contributed by atoms with Crippen LogP contribution >= 0.6 is 0 Å². The van der Waals surface area contributed by atoms with Crippen LogP contribution in [0.5, 0.6) is 0 Å². The zero-order valence-corrected chi connectivity index (χ0v) is 12.6.